The van der Waals surface area contributed by atoms with Crippen molar-refractivity contribution in [3.05, 3.63) is 95.9 Å². The topological polar surface area (TPSA) is 114 Å². The smallest absolute Gasteiger partial charge is 0.231 e. The van der Waals surface area contributed by atoms with Gasteiger partial charge in [0.2, 0.25) is 11.7 Å². The molecule has 0 bridgehead atoms. The van der Waals surface area contributed by atoms with Crippen molar-refractivity contribution < 1.29 is 9.36 Å². The number of halogens is 1. The molecule has 0 aliphatic carbocycles. The van der Waals surface area contributed by atoms with E-state index in [1.807, 2.05) is 66.4 Å². The predicted molar refractivity (Wildman–Crippen MR) is 147 cm³/mol. The van der Waals surface area contributed by atoms with Gasteiger partial charge in [-0.05, 0) is 41.7 Å². The number of rotatable bonds is 7. The van der Waals surface area contributed by atoms with Crippen molar-refractivity contribution in [1.82, 2.24) is 15.0 Å². The van der Waals surface area contributed by atoms with Crippen LogP contribution in [0.25, 0.3) is 22.5 Å². The van der Waals surface area contributed by atoms with E-state index < -0.39 is 0 Å². The van der Waals surface area contributed by atoms with E-state index in [0.717, 1.165) is 40.9 Å². The molecule has 5 rings (SSSR count). The maximum Gasteiger partial charge on any atom is 0.231 e. The van der Waals surface area contributed by atoms with Gasteiger partial charge in [-0.3, -0.25) is 5.41 Å². The molecule has 1 aromatic heterocycles. The molecular formula is C28H29ClN6O2. The van der Waals surface area contributed by atoms with Crippen LogP contribution in [0.1, 0.15) is 36.3 Å². The molecule has 0 radical (unpaired) electrons. The molecule has 1 fully saturated rings. The number of hydrogen-bond acceptors (Lipinski definition) is 6. The number of aromatic nitrogens is 2. The van der Waals surface area contributed by atoms with Crippen LogP contribution in [0, 0.1) is 5.41 Å². The Morgan fingerprint density at radius 1 is 1.05 bits per heavy atom. The summed E-state index contributed by atoms with van der Waals surface area (Å²) in [6, 6.07) is 26.4. The van der Waals surface area contributed by atoms with Crippen LogP contribution in [-0.2, 0) is 11.4 Å². The summed E-state index contributed by atoms with van der Waals surface area (Å²) in [5.41, 5.74) is 11.6. The van der Waals surface area contributed by atoms with Gasteiger partial charge in [0.05, 0.1) is 11.6 Å². The number of nitrogens with two attached hydrogens (primary N) is 1. The highest BCUT2D eigenvalue weighted by atomic mass is 35.5. The quantitative estimate of drug-likeness (QED) is 0.192. The summed E-state index contributed by atoms with van der Waals surface area (Å²) in [5, 5.41) is 16.0. The minimum atomic E-state index is 0. The van der Waals surface area contributed by atoms with Gasteiger partial charge in [-0.2, -0.15) is 4.98 Å². The maximum absolute atomic E-state index is 7.58. The Morgan fingerprint density at radius 3 is 2.54 bits per heavy atom. The second kappa shape index (κ2) is 11.7. The third-order valence-corrected chi connectivity index (χ3v) is 6.35. The lowest BCUT2D eigenvalue weighted by molar-refractivity contribution is 0.130. The van der Waals surface area contributed by atoms with E-state index in [9.17, 15) is 0 Å². The van der Waals surface area contributed by atoms with Gasteiger partial charge >= 0.3 is 0 Å². The van der Waals surface area contributed by atoms with Crippen molar-refractivity contribution in [2.45, 2.75) is 25.9 Å². The zero-order valence-electron chi connectivity index (χ0n) is 20.5. The number of hydrogen-bond donors (Lipinski definition) is 2. The molecule has 8 nitrogen and oxygen atoms in total. The number of likely N-dealkylation sites (tertiary alicyclic amines) is 1. The van der Waals surface area contributed by atoms with Crippen molar-refractivity contribution in [3.8, 4) is 22.5 Å². The molecule has 3 N–H and O–H groups in total. The fourth-order valence-electron chi connectivity index (χ4n) is 4.29. The molecule has 0 unspecified atom stereocenters. The normalized spacial score (nSPS) is 15.3. The number of guanidine groups is 1. The molecule has 1 atom stereocenters. The van der Waals surface area contributed by atoms with Gasteiger partial charge in [0.15, 0.2) is 5.96 Å². The molecule has 0 saturated carbocycles. The van der Waals surface area contributed by atoms with Crippen LogP contribution >= 0.6 is 12.4 Å². The van der Waals surface area contributed by atoms with E-state index in [4.69, 9.17) is 20.5 Å². The molecule has 1 aliphatic rings. The molecule has 1 aliphatic heterocycles. The van der Waals surface area contributed by atoms with Gasteiger partial charge < -0.3 is 20.0 Å². The van der Waals surface area contributed by atoms with E-state index in [-0.39, 0.29) is 24.3 Å². The van der Waals surface area contributed by atoms with E-state index in [2.05, 4.69) is 39.6 Å². The minimum Gasteiger partial charge on any atom is -0.391 e. The van der Waals surface area contributed by atoms with Crippen LogP contribution in [0.3, 0.4) is 0 Å². The van der Waals surface area contributed by atoms with Crippen LogP contribution in [0.5, 0.6) is 0 Å². The molecule has 3 aromatic carbocycles. The Balaban J connectivity index is 0.00000320. The first-order valence-electron chi connectivity index (χ1n) is 11.9. The first kappa shape index (κ1) is 25.9. The Labute approximate surface area is 222 Å². The highest BCUT2D eigenvalue weighted by molar-refractivity contribution is 5.98. The zero-order valence-corrected chi connectivity index (χ0v) is 21.3. The number of nitrogens with one attached hydrogen (secondary N) is 1. The fraction of sp³-hybridized carbons (Fsp3) is 0.214. The van der Waals surface area contributed by atoms with Crippen LogP contribution in [-0.4, -0.2) is 39.8 Å². The molecule has 9 heteroatoms. The van der Waals surface area contributed by atoms with Crippen LogP contribution in [0.2, 0.25) is 0 Å². The van der Waals surface area contributed by atoms with Crippen LogP contribution in [0.15, 0.2) is 88.5 Å². The average molecular weight is 517 g/mol. The predicted octanol–water partition coefficient (Wildman–Crippen LogP) is 5.45. The summed E-state index contributed by atoms with van der Waals surface area (Å²) < 4.78 is 5.50. The lowest BCUT2D eigenvalue weighted by Gasteiger charge is -2.14. The Bertz CT molecular complexity index is 1370. The zero-order chi connectivity index (χ0) is 24.9. The van der Waals surface area contributed by atoms with Crippen LogP contribution < -0.4 is 5.73 Å². The number of oxime groups is 1. The number of nitrogens with zero attached hydrogens (tertiary/aromatic N) is 4. The largest absolute Gasteiger partial charge is 0.391 e. The van der Waals surface area contributed by atoms with E-state index in [1.165, 1.54) is 5.56 Å². The van der Waals surface area contributed by atoms with Crippen LogP contribution in [0.4, 0.5) is 0 Å². The first-order valence-corrected chi connectivity index (χ1v) is 11.9. The molecular weight excluding hydrogens is 488 g/mol. The minimum absolute atomic E-state index is 0. The Morgan fingerprint density at radius 2 is 1.81 bits per heavy atom. The maximum atomic E-state index is 7.58. The Kier molecular flexibility index (Phi) is 8.20. The third-order valence-electron chi connectivity index (χ3n) is 6.35. The lowest BCUT2D eigenvalue weighted by Crippen LogP contribution is -2.34. The molecule has 4 aromatic rings. The second-order valence-electron chi connectivity index (χ2n) is 8.87. The summed E-state index contributed by atoms with van der Waals surface area (Å²) in [6.07, 6.45) is 0.840. The monoisotopic (exact) mass is 516 g/mol. The Hall–Kier alpha value is -4.17. The highest BCUT2D eigenvalue weighted by Gasteiger charge is 2.29. The summed E-state index contributed by atoms with van der Waals surface area (Å²) in [5.74, 6) is 1.30. The first-order chi connectivity index (χ1) is 17.6. The molecule has 1 saturated heterocycles. The van der Waals surface area contributed by atoms with Crippen molar-refractivity contribution in [3.63, 3.8) is 0 Å². The van der Waals surface area contributed by atoms with Gasteiger partial charge in [0, 0.05) is 18.7 Å². The van der Waals surface area contributed by atoms with Gasteiger partial charge in [-0.15, -0.1) is 12.4 Å². The lowest BCUT2D eigenvalue weighted by atomic mass is 10.0. The van der Waals surface area contributed by atoms with Crippen molar-refractivity contribution in [2.75, 3.05) is 13.1 Å². The number of benzene rings is 3. The summed E-state index contributed by atoms with van der Waals surface area (Å²) in [6.45, 7) is 3.67. The highest BCUT2D eigenvalue weighted by Crippen LogP contribution is 2.27. The third kappa shape index (κ3) is 6.16. The average Bonchev–Trinajstić information content (AvgIpc) is 3.60. The molecule has 0 amide bonds. The van der Waals surface area contributed by atoms with Crippen molar-refractivity contribution >= 4 is 24.1 Å². The van der Waals surface area contributed by atoms with Gasteiger partial charge in [0.25, 0.3) is 0 Å². The van der Waals surface area contributed by atoms with E-state index >= 15 is 0 Å². The molecule has 190 valence electrons. The van der Waals surface area contributed by atoms with Gasteiger partial charge in [0.1, 0.15) is 6.61 Å². The summed E-state index contributed by atoms with van der Waals surface area (Å²) in [7, 11) is 0. The van der Waals surface area contributed by atoms with Crippen molar-refractivity contribution in [1.29, 1.82) is 5.41 Å². The molecule has 2 heterocycles. The summed E-state index contributed by atoms with van der Waals surface area (Å²) in [4.78, 5) is 12.0. The van der Waals surface area contributed by atoms with Gasteiger partial charge in [-0.1, -0.05) is 83.1 Å². The molecule has 37 heavy (non-hydrogen) atoms. The van der Waals surface area contributed by atoms with E-state index in [0.29, 0.717) is 24.9 Å². The molecule has 0 spiro atoms. The summed E-state index contributed by atoms with van der Waals surface area (Å²) >= 11 is 0. The SMILES string of the molecule is C/C(=N/OCc1cccc(-c2ccccc2)c1)c1ccc(-c2noc([C@@H]3CCN(C(=N)N)C3)n2)cc1.Cl. The second-order valence-corrected chi connectivity index (χ2v) is 8.87. The fourth-order valence-corrected chi connectivity index (χ4v) is 4.29. The standard InChI is InChI=1S/C28H28N6O2.ClH/c1-19(32-35-18-20-6-5-9-24(16-20)22-7-3-2-4-8-22)21-10-12-23(13-11-21)26-31-27(36-33-26)25-14-15-34(17-25)28(29)30;/h2-13,16,25H,14-15,17-18H2,1H3,(H3,29,30);1H/b32-19-;/t25-;/m1./s1. The van der Waals surface area contributed by atoms with Gasteiger partial charge in [-0.25, -0.2) is 0 Å². The van der Waals surface area contributed by atoms with E-state index in [1.54, 1.807) is 0 Å². The van der Waals surface area contributed by atoms with Crippen molar-refractivity contribution in [2.24, 2.45) is 10.9 Å².